The van der Waals surface area contributed by atoms with Crippen molar-refractivity contribution in [1.82, 2.24) is 10.2 Å². The van der Waals surface area contributed by atoms with Gasteiger partial charge in [0.15, 0.2) is 11.5 Å². The normalized spacial score (nSPS) is 14.3. The number of nitrogens with zero attached hydrogens (tertiary/aromatic N) is 1. The molecule has 0 spiro atoms. The van der Waals surface area contributed by atoms with Gasteiger partial charge in [0.05, 0.1) is 0 Å². The topological polar surface area (TPSA) is 33.7 Å². The third-order valence-electron chi connectivity index (χ3n) is 3.50. The number of hydrogen-bond acceptors (Lipinski definition) is 4. The Morgan fingerprint density at radius 2 is 2.00 bits per heavy atom. The molecule has 0 saturated heterocycles. The zero-order chi connectivity index (χ0) is 13.2. The van der Waals surface area contributed by atoms with Gasteiger partial charge in [0.25, 0.3) is 0 Å². The van der Waals surface area contributed by atoms with Crippen LogP contribution in [-0.2, 0) is 6.54 Å². The summed E-state index contributed by atoms with van der Waals surface area (Å²) in [6, 6.07) is 6.14. The largest absolute Gasteiger partial charge is 0.454 e. The van der Waals surface area contributed by atoms with Crippen LogP contribution in [0.25, 0.3) is 0 Å². The molecule has 4 heteroatoms. The molecule has 1 aliphatic heterocycles. The van der Waals surface area contributed by atoms with Crippen LogP contribution in [0.2, 0.25) is 0 Å². The molecule has 1 aromatic carbocycles. The van der Waals surface area contributed by atoms with Gasteiger partial charge in [-0.15, -0.1) is 0 Å². The molecule has 0 saturated carbocycles. The lowest BCUT2D eigenvalue weighted by atomic mass is 10.0. The van der Waals surface area contributed by atoms with Gasteiger partial charge in [-0.25, -0.2) is 0 Å². The summed E-state index contributed by atoms with van der Waals surface area (Å²) in [5.41, 5.74) is 1.36. The van der Waals surface area contributed by atoms with Crippen molar-refractivity contribution in [2.45, 2.75) is 25.9 Å². The van der Waals surface area contributed by atoms with E-state index in [1.807, 2.05) is 13.1 Å². The van der Waals surface area contributed by atoms with Crippen molar-refractivity contribution in [2.75, 3.05) is 27.4 Å². The van der Waals surface area contributed by atoms with Gasteiger partial charge in [-0.1, -0.05) is 6.07 Å². The molecule has 1 N–H and O–H groups in total. The molecule has 1 aliphatic rings. The van der Waals surface area contributed by atoms with Crippen LogP contribution in [0.4, 0.5) is 0 Å². The van der Waals surface area contributed by atoms with E-state index in [0.717, 1.165) is 24.6 Å². The molecule has 4 nitrogen and oxygen atoms in total. The Morgan fingerprint density at radius 3 is 2.72 bits per heavy atom. The van der Waals surface area contributed by atoms with E-state index in [9.17, 15) is 0 Å². The van der Waals surface area contributed by atoms with Crippen molar-refractivity contribution in [1.29, 1.82) is 0 Å². The molecule has 0 radical (unpaired) electrons. The number of nitrogens with one attached hydrogen (secondary N) is 1. The van der Waals surface area contributed by atoms with Gasteiger partial charge in [-0.2, -0.15) is 0 Å². The molecule has 0 bridgehead atoms. The summed E-state index contributed by atoms with van der Waals surface area (Å²) in [6.45, 7) is 6.65. The molecular weight excluding hydrogens is 228 g/mol. The second-order valence-corrected chi connectivity index (χ2v) is 5.39. The number of ether oxygens (including phenoxy) is 2. The Labute approximate surface area is 109 Å². The summed E-state index contributed by atoms with van der Waals surface area (Å²) in [4.78, 5) is 2.33. The lowest BCUT2D eigenvalue weighted by Gasteiger charge is -2.35. The molecule has 0 unspecified atom stereocenters. The second kappa shape index (κ2) is 5.16. The first-order valence-corrected chi connectivity index (χ1v) is 6.27. The molecule has 1 aromatic rings. The summed E-state index contributed by atoms with van der Waals surface area (Å²) in [7, 11) is 4.12. The zero-order valence-corrected chi connectivity index (χ0v) is 11.6. The minimum atomic E-state index is 0.116. The highest BCUT2D eigenvalue weighted by Crippen LogP contribution is 2.33. The molecule has 100 valence electrons. The van der Waals surface area contributed by atoms with E-state index in [4.69, 9.17) is 9.47 Å². The molecular formula is C14H22N2O2. The quantitative estimate of drug-likeness (QED) is 0.864. The highest BCUT2D eigenvalue weighted by Gasteiger charge is 2.23. The fourth-order valence-electron chi connectivity index (χ4n) is 2.09. The number of hydrogen-bond donors (Lipinski definition) is 1. The van der Waals surface area contributed by atoms with E-state index >= 15 is 0 Å². The maximum atomic E-state index is 5.40. The predicted molar refractivity (Wildman–Crippen MR) is 72.0 cm³/mol. The Hall–Kier alpha value is -1.26. The number of rotatable bonds is 5. The first kappa shape index (κ1) is 13.2. The lowest BCUT2D eigenvalue weighted by molar-refractivity contribution is 0.147. The molecule has 0 aromatic heterocycles. The minimum absolute atomic E-state index is 0.116. The van der Waals surface area contributed by atoms with Gasteiger partial charge in [0.1, 0.15) is 0 Å². The Morgan fingerprint density at radius 1 is 1.28 bits per heavy atom. The van der Waals surface area contributed by atoms with E-state index in [1.165, 1.54) is 5.56 Å². The van der Waals surface area contributed by atoms with Gasteiger partial charge < -0.3 is 14.8 Å². The average Bonchev–Trinajstić information content (AvgIpc) is 2.76. The standard InChI is InChI=1S/C14H22N2O2/c1-14(2,9-15-3)16(4)8-11-5-6-12-13(7-11)18-10-17-12/h5-7,15H,8-10H2,1-4H3. The van der Waals surface area contributed by atoms with Crippen LogP contribution in [0.3, 0.4) is 0 Å². The Kier molecular flexibility index (Phi) is 3.78. The van der Waals surface area contributed by atoms with E-state index in [-0.39, 0.29) is 5.54 Å². The summed E-state index contributed by atoms with van der Waals surface area (Å²) in [5.74, 6) is 1.70. The molecule has 18 heavy (non-hydrogen) atoms. The smallest absolute Gasteiger partial charge is 0.231 e. The van der Waals surface area contributed by atoms with E-state index in [0.29, 0.717) is 6.79 Å². The second-order valence-electron chi connectivity index (χ2n) is 5.39. The minimum Gasteiger partial charge on any atom is -0.454 e. The lowest BCUT2D eigenvalue weighted by Crippen LogP contribution is -2.47. The zero-order valence-electron chi connectivity index (χ0n) is 11.6. The van der Waals surface area contributed by atoms with Crippen LogP contribution >= 0.6 is 0 Å². The molecule has 0 aliphatic carbocycles. The van der Waals surface area contributed by atoms with Gasteiger partial charge in [0, 0.05) is 18.6 Å². The summed E-state index contributed by atoms with van der Waals surface area (Å²) < 4.78 is 10.7. The molecule has 0 atom stereocenters. The number of likely N-dealkylation sites (N-methyl/N-ethyl adjacent to an activating group) is 2. The van der Waals surface area contributed by atoms with E-state index < -0.39 is 0 Å². The van der Waals surface area contributed by atoms with Gasteiger partial charge in [-0.05, 0) is 45.6 Å². The SMILES string of the molecule is CNCC(C)(C)N(C)Cc1ccc2c(c1)OCO2. The summed E-state index contributed by atoms with van der Waals surface area (Å²) in [5, 5.41) is 3.23. The van der Waals surface area contributed by atoms with Crippen LogP contribution in [-0.4, -0.2) is 37.9 Å². The van der Waals surface area contributed by atoms with Crippen LogP contribution < -0.4 is 14.8 Å². The monoisotopic (exact) mass is 250 g/mol. The van der Waals surface area contributed by atoms with Crippen LogP contribution in [0.5, 0.6) is 11.5 Å². The summed E-state index contributed by atoms with van der Waals surface area (Å²) >= 11 is 0. The van der Waals surface area contributed by atoms with Crippen molar-refractivity contribution in [3.05, 3.63) is 23.8 Å². The van der Waals surface area contributed by atoms with Crippen LogP contribution in [0, 0.1) is 0 Å². The first-order valence-electron chi connectivity index (χ1n) is 6.27. The Balaban J connectivity index is 2.05. The molecule has 0 fully saturated rings. The summed E-state index contributed by atoms with van der Waals surface area (Å²) in [6.07, 6.45) is 0. The third-order valence-corrected chi connectivity index (χ3v) is 3.50. The fraction of sp³-hybridized carbons (Fsp3) is 0.571. The Bertz CT molecular complexity index is 418. The fourth-order valence-corrected chi connectivity index (χ4v) is 2.09. The van der Waals surface area contributed by atoms with Crippen LogP contribution in [0.1, 0.15) is 19.4 Å². The van der Waals surface area contributed by atoms with Crippen molar-refractivity contribution in [3.8, 4) is 11.5 Å². The number of fused-ring (bicyclic) bond motifs is 1. The maximum absolute atomic E-state index is 5.40. The van der Waals surface area contributed by atoms with Crippen molar-refractivity contribution in [3.63, 3.8) is 0 Å². The molecule has 0 amide bonds. The first-order chi connectivity index (χ1) is 8.53. The van der Waals surface area contributed by atoms with Crippen molar-refractivity contribution < 1.29 is 9.47 Å². The highest BCUT2D eigenvalue weighted by molar-refractivity contribution is 5.44. The van der Waals surface area contributed by atoms with Gasteiger partial charge in [-0.3, -0.25) is 4.90 Å². The number of benzene rings is 1. The highest BCUT2D eigenvalue weighted by atomic mass is 16.7. The predicted octanol–water partition coefficient (Wildman–Crippen LogP) is 1.85. The maximum Gasteiger partial charge on any atom is 0.231 e. The van der Waals surface area contributed by atoms with Crippen molar-refractivity contribution >= 4 is 0 Å². The van der Waals surface area contributed by atoms with Gasteiger partial charge >= 0.3 is 0 Å². The van der Waals surface area contributed by atoms with Crippen LogP contribution in [0.15, 0.2) is 18.2 Å². The van der Waals surface area contributed by atoms with E-state index in [2.05, 4.69) is 43.2 Å². The molecule has 2 rings (SSSR count). The average molecular weight is 250 g/mol. The van der Waals surface area contributed by atoms with Crippen molar-refractivity contribution in [2.24, 2.45) is 0 Å². The van der Waals surface area contributed by atoms with Gasteiger partial charge in [0.2, 0.25) is 6.79 Å². The molecule has 1 heterocycles. The van der Waals surface area contributed by atoms with E-state index in [1.54, 1.807) is 0 Å². The third kappa shape index (κ3) is 2.76.